The van der Waals surface area contributed by atoms with Crippen molar-refractivity contribution in [3.8, 4) is 5.75 Å². The first-order chi connectivity index (χ1) is 23.6. The normalized spacial score (nSPS) is 11.2. The van der Waals surface area contributed by atoms with Gasteiger partial charge in [-0.1, -0.05) is 30.3 Å². The number of aromatic nitrogens is 1. The SMILES string of the molecule is COc1cc(N(C(C)=O)c2ccc(C(CC(=O)O)NC(=O)c3cccnc3)cc2)ccc1NC(=O)Nc1ccccc1C.O=C(O)C(F)(F)F. The van der Waals surface area contributed by atoms with Crippen LogP contribution in [0.4, 0.5) is 40.7 Å². The van der Waals surface area contributed by atoms with E-state index in [0.29, 0.717) is 39.6 Å². The molecular weight excluding hydrogens is 663 g/mol. The number of alkyl halides is 3. The van der Waals surface area contributed by atoms with Crippen molar-refractivity contribution >= 4 is 52.5 Å². The van der Waals surface area contributed by atoms with Gasteiger partial charge in [-0.2, -0.15) is 13.2 Å². The zero-order valence-corrected chi connectivity index (χ0v) is 26.8. The minimum Gasteiger partial charge on any atom is -0.494 e. The number of carboxylic acids is 2. The molecule has 1 unspecified atom stereocenters. The predicted octanol–water partition coefficient (Wildman–Crippen LogP) is 6.31. The highest BCUT2D eigenvalue weighted by molar-refractivity contribution is 6.03. The van der Waals surface area contributed by atoms with Crippen molar-refractivity contribution in [3.05, 3.63) is 108 Å². The number of nitrogens with zero attached hydrogens (tertiary/aromatic N) is 2. The van der Waals surface area contributed by atoms with Crippen LogP contribution in [0.25, 0.3) is 0 Å². The molecule has 50 heavy (non-hydrogen) atoms. The molecule has 0 fully saturated rings. The monoisotopic (exact) mass is 695 g/mol. The number of halogens is 3. The van der Waals surface area contributed by atoms with Crippen molar-refractivity contribution in [2.24, 2.45) is 0 Å². The number of carboxylic acid groups (broad SMARTS) is 2. The van der Waals surface area contributed by atoms with E-state index in [9.17, 15) is 37.5 Å². The molecule has 262 valence electrons. The van der Waals surface area contributed by atoms with E-state index >= 15 is 0 Å². The van der Waals surface area contributed by atoms with Crippen LogP contribution >= 0.6 is 0 Å². The standard InChI is InChI=1S/C32H31N5O6.C2HF3O2/c1-20-7-4-5-9-26(20)35-32(42)36-27-15-14-25(17-29(27)43-3)37(21(2)38)24-12-10-22(11-13-24)28(18-30(39)40)34-31(41)23-8-6-16-33-19-23;3-2(4,5)1(6)7/h4-17,19,28H,18H2,1-3H3,(H,34,41)(H,39,40)(H2,35,36,42);(H,6,7). The lowest BCUT2D eigenvalue weighted by Crippen LogP contribution is -2.30. The van der Waals surface area contributed by atoms with Gasteiger partial charge < -0.3 is 30.9 Å². The molecular formula is C34H32F3N5O8. The van der Waals surface area contributed by atoms with Crippen LogP contribution in [0.3, 0.4) is 0 Å². The fraction of sp³-hybridized carbons (Fsp3) is 0.176. The minimum atomic E-state index is -5.08. The number of anilines is 4. The predicted molar refractivity (Wildman–Crippen MR) is 176 cm³/mol. The van der Waals surface area contributed by atoms with E-state index < -0.39 is 36.1 Å². The van der Waals surface area contributed by atoms with Crippen LogP contribution in [0.1, 0.15) is 40.9 Å². The lowest BCUT2D eigenvalue weighted by Gasteiger charge is -2.24. The minimum absolute atomic E-state index is 0.292. The first-order valence-electron chi connectivity index (χ1n) is 14.6. The Bertz CT molecular complexity index is 1840. The number of benzene rings is 3. The average molecular weight is 696 g/mol. The van der Waals surface area contributed by atoms with Crippen LogP contribution in [0.5, 0.6) is 5.75 Å². The number of carbonyl (C=O) groups is 5. The third kappa shape index (κ3) is 10.8. The molecule has 1 heterocycles. The maximum atomic E-state index is 12.8. The van der Waals surface area contributed by atoms with Gasteiger partial charge in [0.15, 0.2) is 0 Å². The van der Waals surface area contributed by atoms with E-state index in [2.05, 4.69) is 20.9 Å². The largest absolute Gasteiger partial charge is 0.494 e. The Morgan fingerprint density at radius 2 is 1.50 bits per heavy atom. The number of carbonyl (C=O) groups excluding carboxylic acids is 3. The number of pyridine rings is 1. The first kappa shape index (κ1) is 38.0. The van der Waals surface area contributed by atoms with Crippen LogP contribution in [0, 0.1) is 6.92 Å². The number of aliphatic carboxylic acids is 2. The molecule has 4 aromatic rings. The van der Waals surface area contributed by atoms with Crippen molar-refractivity contribution in [1.29, 1.82) is 0 Å². The number of amides is 4. The molecule has 5 N–H and O–H groups in total. The second kappa shape index (κ2) is 17.1. The van der Waals surface area contributed by atoms with Gasteiger partial charge in [0.1, 0.15) is 5.75 Å². The Hall–Kier alpha value is -6.45. The molecule has 16 heteroatoms. The van der Waals surface area contributed by atoms with Crippen LogP contribution in [0.15, 0.2) is 91.3 Å². The van der Waals surface area contributed by atoms with E-state index in [4.69, 9.17) is 14.6 Å². The molecule has 0 spiro atoms. The van der Waals surface area contributed by atoms with Crippen molar-refractivity contribution in [1.82, 2.24) is 10.3 Å². The molecule has 0 aliphatic heterocycles. The molecule has 0 saturated carbocycles. The van der Waals surface area contributed by atoms with Crippen LogP contribution < -0.4 is 25.6 Å². The van der Waals surface area contributed by atoms with E-state index in [-0.39, 0.29) is 12.3 Å². The summed E-state index contributed by atoms with van der Waals surface area (Å²) in [5, 5.41) is 24.9. The Labute approximate surface area is 283 Å². The number of nitrogens with one attached hydrogen (secondary N) is 3. The van der Waals surface area contributed by atoms with E-state index in [0.717, 1.165) is 5.56 Å². The Morgan fingerprint density at radius 3 is 2.04 bits per heavy atom. The molecule has 1 atom stereocenters. The van der Waals surface area contributed by atoms with E-state index in [1.165, 1.54) is 31.3 Å². The molecule has 0 bridgehead atoms. The summed E-state index contributed by atoms with van der Waals surface area (Å²) in [6, 6.07) is 20.9. The molecule has 3 aromatic carbocycles. The van der Waals surface area contributed by atoms with Crippen molar-refractivity contribution < 1.29 is 52.1 Å². The maximum Gasteiger partial charge on any atom is 0.490 e. The number of rotatable bonds is 10. The Kier molecular flexibility index (Phi) is 13.0. The highest BCUT2D eigenvalue weighted by Gasteiger charge is 2.38. The second-order valence-electron chi connectivity index (χ2n) is 10.4. The van der Waals surface area contributed by atoms with Gasteiger partial charge in [0.25, 0.3) is 5.91 Å². The first-order valence-corrected chi connectivity index (χ1v) is 14.6. The molecule has 4 amide bonds. The molecule has 4 rings (SSSR count). The quantitative estimate of drug-likeness (QED) is 0.127. The lowest BCUT2D eigenvalue weighted by molar-refractivity contribution is -0.192. The number of para-hydroxylation sites is 1. The summed E-state index contributed by atoms with van der Waals surface area (Å²) in [5.41, 5.74) is 3.81. The summed E-state index contributed by atoms with van der Waals surface area (Å²) in [4.78, 5) is 63.9. The number of aryl methyl sites for hydroxylation is 1. The van der Waals surface area contributed by atoms with Crippen LogP contribution in [-0.2, 0) is 14.4 Å². The van der Waals surface area contributed by atoms with Gasteiger partial charge in [-0.15, -0.1) is 0 Å². The van der Waals surface area contributed by atoms with E-state index in [1.807, 2.05) is 25.1 Å². The molecule has 1 aromatic heterocycles. The van der Waals surface area contributed by atoms with Crippen LogP contribution in [0.2, 0.25) is 0 Å². The third-order valence-corrected chi connectivity index (χ3v) is 6.80. The summed E-state index contributed by atoms with van der Waals surface area (Å²) in [6.45, 7) is 3.29. The van der Waals surface area contributed by atoms with Gasteiger partial charge in [0.05, 0.1) is 36.5 Å². The van der Waals surface area contributed by atoms with Gasteiger partial charge in [0.2, 0.25) is 5.91 Å². The Morgan fingerprint density at radius 1 is 0.880 bits per heavy atom. The van der Waals surface area contributed by atoms with Gasteiger partial charge in [-0.25, -0.2) is 9.59 Å². The number of urea groups is 1. The highest BCUT2D eigenvalue weighted by atomic mass is 19.4. The fourth-order valence-electron chi connectivity index (χ4n) is 4.45. The van der Waals surface area contributed by atoms with Gasteiger partial charge in [0, 0.05) is 36.8 Å². The summed E-state index contributed by atoms with van der Waals surface area (Å²) in [7, 11) is 1.46. The van der Waals surface area contributed by atoms with Crippen molar-refractivity contribution in [3.63, 3.8) is 0 Å². The lowest BCUT2D eigenvalue weighted by atomic mass is 10.0. The summed E-state index contributed by atoms with van der Waals surface area (Å²) in [6.07, 6.45) is -2.49. The number of hydrogen-bond donors (Lipinski definition) is 5. The van der Waals surface area contributed by atoms with Gasteiger partial charge in [-0.3, -0.25) is 24.3 Å². The number of ether oxygens (including phenoxy) is 1. The number of methoxy groups -OCH3 is 1. The van der Waals surface area contributed by atoms with E-state index in [1.54, 1.807) is 60.7 Å². The van der Waals surface area contributed by atoms with Gasteiger partial charge >= 0.3 is 24.1 Å². The van der Waals surface area contributed by atoms with Gasteiger partial charge in [-0.05, 0) is 60.5 Å². The zero-order chi connectivity index (χ0) is 37.0. The third-order valence-electron chi connectivity index (χ3n) is 6.80. The zero-order valence-electron chi connectivity index (χ0n) is 26.8. The Balaban J connectivity index is 0.000000872. The molecule has 0 saturated heterocycles. The van der Waals surface area contributed by atoms with Crippen molar-refractivity contribution in [2.45, 2.75) is 32.5 Å². The molecule has 0 radical (unpaired) electrons. The molecule has 0 aliphatic carbocycles. The fourth-order valence-corrected chi connectivity index (χ4v) is 4.45. The summed E-state index contributed by atoms with van der Waals surface area (Å²) >= 11 is 0. The van der Waals surface area contributed by atoms with Crippen LogP contribution in [-0.4, -0.2) is 58.3 Å². The molecule has 0 aliphatic rings. The number of hydrogen-bond acceptors (Lipinski definition) is 7. The van der Waals surface area contributed by atoms with Crippen molar-refractivity contribution in [2.75, 3.05) is 22.6 Å². The molecule has 13 nitrogen and oxygen atoms in total. The maximum absolute atomic E-state index is 12.8. The highest BCUT2D eigenvalue weighted by Crippen LogP contribution is 2.34. The second-order valence-corrected chi connectivity index (χ2v) is 10.4. The summed E-state index contributed by atoms with van der Waals surface area (Å²) in [5.74, 6) is -4.26. The smallest absolute Gasteiger partial charge is 0.490 e. The average Bonchev–Trinajstić information content (AvgIpc) is 3.06. The summed E-state index contributed by atoms with van der Waals surface area (Å²) < 4.78 is 37.2. The topological polar surface area (TPSA) is 187 Å².